The van der Waals surface area contributed by atoms with Gasteiger partial charge in [0.1, 0.15) is 6.29 Å². The summed E-state index contributed by atoms with van der Waals surface area (Å²) in [6.45, 7) is 4.39. The number of carbonyl (C=O) groups is 1. The van der Waals surface area contributed by atoms with Gasteiger partial charge >= 0.3 is 0 Å². The Labute approximate surface area is 74.2 Å². The third kappa shape index (κ3) is 2.33. The van der Waals surface area contributed by atoms with Crippen LogP contribution in [0.2, 0.25) is 0 Å². The number of rotatable bonds is 2. The molecule has 1 heteroatoms. The highest BCUT2D eigenvalue weighted by atomic mass is 16.1. The number of aldehydes is 1. The van der Waals surface area contributed by atoms with Crippen LogP contribution in [-0.4, -0.2) is 6.29 Å². The molecule has 2 atom stereocenters. The standard InChI is InChI=1S/C11H16O/c1-9-5-6-11(4-3-7-12)10(2)8-9/h3-4,7-8,10-11H,5-6H2,1-2H3/b4-3+. The molecule has 66 valence electrons. The number of carbonyl (C=O) groups excluding carboxylic acids is 1. The van der Waals surface area contributed by atoms with E-state index >= 15 is 0 Å². The Morgan fingerprint density at radius 1 is 1.58 bits per heavy atom. The van der Waals surface area contributed by atoms with Crippen LogP contribution < -0.4 is 0 Å². The van der Waals surface area contributed by atoms with E-state index in [0.29, 0.717) is 11.8 Å². The molecule has 2 unspecified atom stereocenters. The molecule has 1 aliphatic rings. The zero-order chi connectivity index (χ0) is 8.97. The maximum Gasteiger partial charge on any atom is 0.142 e. The van der Waals surface area contributed by atoms with Gasteiger partial charge in [-0.05, 0) is 37.7 Å². The summed E-state index contributed by atoms with van der Waals surface area (Å²) in [4.78, 5) is 10.1. The second-order valence-corrected chi connectivity index (χ2v) is 3.60. The van der Waals surface area contributed by atoms with Gasteiger partial charge in [0.25, 0.3) is 0 Å². The van der Waals surface area contributed by atoms with Gasteiger partial charge in [-0.15, -0.1) is 0 Å². The van der Waals surface area contributed by atoms with Crippen molar-refractivity contribution >= 4 is 6.29 Å². The van der Waals surface area contributed by atoms with E-state index in [1.165, 1.54) is 18.4 Å². The van der Waals surface area contributed by atoms with E-state index < -0.39 is 0 Å². The van der Waals surface area contributed by atoms with Gasteiger partial charge < -0.3 is 0 Å². The van der Waals surface area contributed by atoms with Gasteiger partial charge in [0.05, 0.1) is 0 Å². The Morgan fingerprint density at radius 3 is 2.92 bits per heavy atom. The smallest absolute Gasteiger partial charge is 0.142 e. The highest BCUT2D eigenvalue weighted by Gasteiger charge is 2.16. The minimum atomic E-state index is 0.568. The zero-order valence-electron chi connectivity index (χ0n) is 7.79. The Hall–Kier alpha value is -0.850. The summed E-state index contributed by atoms with van der Waals surface area (Å²) in [6, 6.07) is 0. The first-order valence-corrected chi connectivity index (χ1v) is 4.53. The lowest BCUT2D eigenvalue weighted by Crippen LogP contribution is -2.12. The number of hydrogen-bond acceptors (Lipinski definition) is 1. The highest BCUT2D eigenvalue weighted by Crippen LogP contribution is 2.28. The third-order valence-electron chi connectivity index (χ3n) is 2.53. The highest BCUT2D eigenvalue weighted by molar-refractivity contribution is 5.64. The van der Waals surface area contributed by atoms with E-state index in [2.05, 4.69) is 19.9 Å². The third-order valence-corrected chi connectivity index (χ3v) is 2.53. The average Bonchev–Trinajstić information content (AvgIpc) is 2.03. The first-order chi connectivity index (χ1) is 5.74. The molecule has 0 saturated heterocycles. The molecule has 1 aliphatic carbocycles. The molecule has 0 amide bonds. The van der Waals surface area contributed by atoms with Crippen molar-refractivity contribution in [3.8, 4) is 0 Å². The van der Waals surface area contributed by atoms with E-state index in [1.54, 1.807) is 6.08 Å². The quantitative estimate of drug-likeness (QED) is 0.348. The molecule has 0 saturated carbocycles. The summed E-state index contributed by atoms with van der Waals surface area (Å²) in [5, 5.41) is 0. The molecular weight excluding hydrogens is 148 g/mol. The van der Waals surface area contributed by atoms with E-state index in [1.807, 2.05) is 6.08 Å². The van der Waals surface area contributed by atoms with Crippen molar-refractivity contribution in [2.75, 3.05) is 0 Å². The predicted octanol–water partition coefficient (Wildman–Crippen LogP) is 2.73. The van der Waals surface area contributed by atoms with Crippen LogP contribution >= 0.6 is 0 Å². The maximum atomic E-state index is 10.1. The average molecular weight is 164 g/mol. The van der Waals surface area contributed by atoms with Crippen molar-refractivity contribution in [1.29, 1.82) is 0 Å². The fraction of sp³-hybridized carbons (Fsp3) is 0.545. The molecule has 12 heavy (non-hydrogen) atoms. The van der Waals surface area contributed by atoms with E-state index in [9.17, 15) is 4.79 Å². The largest absolute Gasteiger partial charge is 0.299 e. The van der Waals surface area contributed by atoms with Crippen LogP contribution in [0.15, 0.2) is 23.8 Å². The van der Waals surface area contributed by atoms with E-state index in [0.717, 1.165) is 6.29 Å². The van der Waals surface area contributed by atoms with Gasteiger partial charge in [-0.3, -0.25) is 4.79 Å². The van der Waals surface area contributed by atoms with Crippen LogP contribution in [0.1, 0.15) is 26.7 Å². The van der Waals surface area contributed by atoms with Gasteiger partial charge in [-0.1, -0.05) is 24.6 Å². The molecule has 0 bridgehead atoms. The van der Waals surface area contributed by atoms with Crippen molar-refractivity contribution < 1.29 is 4.79 Å². The molecule has 0 heterocycles. The first kappa shape index (κ1) is 9.24. The first-order valence-electron chi connectivity index (χ1n) is 4.53. The Balaban J connectivity index is 2.58. The summed E-state index contributed by atoms with van der Waals surface area (Å²) < 4.78 is 0. The second kappa shape index (κ2) is 4.24. The lowest BCUT2D eigenvalue weighted by atomic mass is 9.82. The molecule has 0 aromatic carbocycles. The van der Waals surface area contributed by atoms with Crippen molar-refractivity contribution in [1.82, 2.24) is 0 Å². The number of allylic oxidation sites excluding steroid dienone is 4. The topological polar surface area (TPSA) is 17.1 Å². The van der Waals surface area contributed by atoms with Crippen LogP contribution in [0.3, 0.4) is 0 Å². The predicted molar refractivity (Wildman–Crippen MR) is 50.8 cm³/mol. The summed E-state index contributed by atoms with van der Waals surface area (Å²) in [7, 11) is 0. The molecule has 0 radical (unpaired) electrons. The molecule has 1 rings (SSSR count). The summed E-state index contributed by atoms with van der Waals surface area (Å²) in [5.41, 5.74) is 1.48. The fourth-order valence-corrected chi connectivity index (χ4v) is 1.77. The lowest BCUT2D eigenvalue weighted by molar-refractivity contribution is -0.104. The molecular formula is C11H16O. The second-order valence-electron chi connectivity index (χ2n) is 3.60. The SMILES string of the molecule is CC1=CC(C)C(/C=C/C=O)CC1. The van der Waals surface area contributed by atoms with Crippen LogP contribution in [0, 0.1) is 11.8 Å². The molecule has 0 aromatic heterocycles. The minimum absolute atomic E-state index is 0.568. The summed E-state index contributed by atoms with van der Waals surface area (Å²) in [6.07, 6.45) is 9.18. The van der Waals surface area contributed by atoms with Crippen LogP contribution in [0.25, 0.3) is 0 Å². The Morgan fingerprint density at radius 2 is 2.33 bits per heavy atom. The summed E-state index contributed by atoms with van der Waals surface area (Å²) >= 11 is 0. The van der Waals surface area contributed by atoms with E-state index in [-0.39, 0.29) is 0 Å². The molecule has 0 fully saturated rings. The monoisotopic (exact) mass is 164 g/mol. The van der Waals surface area contributed by atoms with Crippen LogP contribution in [0.4, 0.5) is 0 Å². The van der Waals surface area contributed by atoms with E-state index in [4.69, 9.17) is 0 Å². The van der Waals surface area contributed by atoms with Crippen molar-refractivity contribution in [3.05, 3.63) is 23.8 Å². The van der Waals surface area contributed by atoms with Crippen molar-refractivity contribution in [2.45, 2.75) is 26.7 Å². The molecule has 0 spiro atoms. The summed E-state index contributed by atoms with van der Waals surface area (Å²) in [5.74, 6) is 1.16. The van der Waals surface area contributed by atoms with Crippen LogP contribution in [-0.2, 0) is 4.79 Å². The van der Waals surface area contributed by atoms with Gasteiger partial charge in [-0.2, -0.15) is 0 Å². The minimum Gasteiger partial charge on any atom is -0.299 e. The molecule has 0 aromatic rings. The van der Waals surface area contributed by atoms with Gasteiger partial charge in [-0.25, -0.2) is 0 Å². The molecule has 0 aliphatic heterocycles. The van der Waals surface area contributed by atoms with Crippen LogP contribution in [0.5, 0.6) is 0 Å². The van der Waals surface area contributed by atoms with Gasteiger partial charge in [0.15, 0.2) is 0 Å². The Kier molecular flexibility index (Phi) is 3.27. The molecule has 0 N–H and O–H groups in total. The lowest BCUT2D eigenvalue weighted by Gasteiger charge is -2.23. The van der Waals surface area contributed by atoms with Gasteiger partial charge in [0, 0.05) is 0 Å². The van der Waals surface area contributed by atoms with Crippen molar-refractivity contribution in [2.24, 2.45) is 11.8 Å². The maximum absolute atomic E-state index is 10.1. The van der Waals surface area contributed by atoms with Gasteiger partial charge in [0.2, 0.25) is 0 Å². The van der Waals surface area contributed by atoms with Crippen molar-refractivity contribution in [3.63, 3.8) is 0 Å². The fourth-order valence-electron chi connectivity index (χ4n) is 1.77. The molecule has 1 nitrogen and oxygen atoms in total. The zero-order valence-corrected chi connectivity index (χ0v) is 7.79. The normalized spacial score (nSPS) is 30.3. The number of hydrogen-bond donors (Lipinski definition) is 0. The Bertz CT molecular complexity index is 213.